The van der Waals surface area contributed by atoms with E-state index in [9.17, 15) is 14.4 Å². The van der Waals surface area contributed by atoms with E-state index in [1.54, 1.807) is 31.9 Å². The molecule has 0 radical (unpaired) electrons. The summed E-state index contributed by atoms with van der Waals surface area (Å²) >= 11 is 1.70. The quantitative estimate of drug-likeness (QED) is 0.437. The maximum Gasteiger partial charge on any atom is 0.307 e. The topological polar surface area (TPSA) is 102 Å². The van der Waals surface area contributed by atoms with Gasteiger partial charge >= 0.3 is 5.97 Å². The van der Waals surface area contributed by atoms with Crippen LogP contribution < -0.4 is 5.32 Å². The first-order chi connectivity index (χ1) is 16.7. The van der Waals surface area contributed by atoms with E-state index in [-0.39, 0.29) is 30.1 Å². The van der Waals surface area contributed by atoms with E-state index in [0.717, 1.165) is 41.5 Å². The van der Waals surface area contributed by atoms with Crippen molar-refractivity contribution in [3.63, 3.8) is 0 Å². The standard InChI is InChI=1S/C26H33N3O5S/c1-17-6-7-20(24(31)27-10-14-35-16-19-5-4-13-33-19)23(28-17)18-8-11-29(12-9-18)25(32)21-15-22(30)34-26(21,2)3/h4-7,13,18,21H,8-12,14-16H2,1-3H3,(H,27,31). The Morgan fingerprint density at radius 3 is 2.66 bits per heavy atom. The number of rotatable bonds is 8. The van der Waals surface area contributed by atoms with Gasteiger partial charge in [-0.15, -0.1) is 0 Å². The Kier molecular flexibility index (Phi) is 7.84. The molecule has 1 unspecified atom stereocenters. The van der Waals surface area contributed by atoms with Crippen molar-refractivity contribution in [2.45, 2.75) is 57.3 Å². The number of hydrogen-bond donors (Lipinski definition) is 1. The number of hydrogen-bond acceptors (Lipinski definition) is 7. The minimum Gasteiger partial charge on any atom is -0.468 e. The number of likely N-dealkylation sites (tertiary alicyclic amines) is 1. The van der Waals surface area contributed by atoms with Crippen molar-refractivity contribution < 1.29 is 23.5 Å². The average molecular weight is 500 g/mol. The van der Waals surface area contributed by atoms with Gasteiger partial charge in [0.2, 0.25) is 5.91 Å². The highest BCUT2D eigenvalue weighted by molar-refractivity contribution is 7.98. The summed E-state index contributed by atoms with van der Waals surface area (Å²) in [5, 5.41) is 3.01. The minimum absolute atomic E-state index is 0.0264. The number of cyclic esters (lactones) is 1. The lowest BCUT2D eigenvalue weighted by Gasteiger charge is -2.35. The van der Waals surface area contributed by atoms with Crippen LogP contribution in [-0.4, -0.2) is 58.7 Å². The van der Waals surface area contributed by atoms with Gasteiger partial charge in [-0.25, -0.2) is 0 Å². The van der Waals surface area contributed by atoms with E-state index < -0.39 is 11.5 Å². The number of carbonyl (C=O) groups is 3. The third kappa shape index (κ3) is 6.07. The zero-order valence-electron chi connectivity index (χ0n) is 20.5. The fourth-order valence-corrected chi connectivity index (χ4v) is 5.53. The molecule has 2 aromatic heterocycles. The van der Waals surface area contributed by atoms with Gasteiger partial charge in [0.25, 0.3) is 5.91 Å². The fraction of sp³-hybridized carbons (Fsp3) is 0.538. The number of carbonyl (C=O) groups excluding carboxylic acids is 3. The Hall–Kier alpha value is -2.81. The highest BCUT2D eigenvalue weighted by atomic mass is 32.2. The van der Waals surface area contributed by atoms with Crippen LogP contribution in [0, 0.1) is 12.8 Å². The van der Waals surface area contributed by atoms with Crippen LogP contribution in [-0.2, 0) is 20.1 Å². The highest BCUT2D eigenvalue weighted by Gasteiger charge is 2.48. The fourth-order valence-electron chi connectivity index (χ4n) is 4.78. The number of pyridine rings is 1. The first-order valence-corrected chi connectivity index (χ1v) is 13.3. The van der Waals surface area contributed by atoms with Gasteiger partial charge in [-0.2, -0.15) is 11.8 Å². The molecule has 0 bridgehead atoms. The van der Waals surface area contributed by atoms with Gasteiger partial charge in [-0.1, -0.05) is 0 Å². The second-order valence-corrected chi connectivity index (χ2v) is 10.8. The minimum atomic E-state index is -0.773. The Bertz CT molecular complexity index is 1060. The number of furan rings is 1. The molecule has 2 amide bonds. The molecule has 9 heteroatoms. The SMILES string of the molecule is Cc1ccc(C(=O)NCCSCc2ccco2)c(C2CCN(C(=O)C3CC(=O)OC3(C)C)CC2)n1. The van der Waals surface area contributed by atoms with Crippen LogP contribution in [0.2, 0.25) is 0 Å². The molecule has 0 aliphatic carbocycles. The summed E-state index contributed by atoms with van der Waals surface area (Å²) in [6.45, 7) is 7.22. The summed E-state index contributed by atoms with van der Waals surface area (Å²) in [5.74, 6) is 1.67. The summed E-state index contributed by atoms with van der Waals surface area (Å²) in [7, 11) is 0. The lowest BCUT2D eigenvalue weighted by Crippen LogP contribution is -2.46. The maximum absolute atomic E-state index is 13.1. The van der Waals surface area contributed by atoms with E-state index in [0.29, 0.717) is 25.2 Å². The molecule has 4 heterocycles. The van der Waals surface area contributed by atoms with Gasteiger partial charge < -0.3 is 19.4 Å². The van der Waals surface area contributed by atoms with Gasteiger partial charge in [0.15, 0.2) is 0 Å². The van der Waals surface area contributed by atoms with Gasteiger partial charge in [0.1, 0.15) is 11.4 Å². The first-order valence-electron chi connectivity index (χ1n) is 12.1. The molecule has 188 valence electrons. The van der Waals surface area contributed by atoms with Crippen molar-refractivity contribution in [3.8, 4) is 0 Å². The van der Waals surface area contributed by atoms with Gasteiger partial charge in [-0.05, 0) is 57.9 Å². The molecule has 4 rings (SSSR count). The van der Waals surface area contributed by atoms with E-state index in [2.05, 4.69) is 5.32 Å². The van der Waals surface area contributed by atoms with E-state index in [4.69, 9.17) is 14.1 Å². The van der Waals surface area contributed by atoms with E-state index in [1.165, 1.54) is 0 Å². The van der Waals surface area contributed by atoms with Gasteiger partial charge in [-0.3, -0.25) is 19.4 Å². The van der Waals surface area contributed by atoms with Crippen LogP contribution in [0.25, 0.3) is 0 Å². The predicted octanol–water partition coefficient (Wildman–Crippen LogP) is 3.69. The average Bonchev–Trinajstić information content (AvgIpc) is 3.44. The summed E-state index contributed by atoms with van der Waals surface area (Å²) in [6, 6.07) is 7.53. The lowest BCUT2D eigenvalue weighted by atomic mass is 9.86. The normalized spacial score (nSPS) is 20.0. The van der Waals surface area contributed by atoms with Crippen LogP contribution in [0.1, 0.15) is 66.5 Å². The molecule has 2 fully saturated rings. The van der Waals surface area contributed by atoms with Gasteiger partial charge in [0, 0.05) is 37.0 Å². The zero-order valence-corrected chi connectivity index (χ0v) is 21.4. The van der Waals surface area contributed by atoms with Crippen molar-refractivity contribution in [1.29, 1.82) is 0 Å². The molecule has 2 aliphatic heterocycles. The largest absolute Gasteiger partial charge is 0.468 e. The third-order valence-electron chi connectivity index (χ3n) is 6.74. The number of piperidine rings is 1. The first kappa shape index (κ1) is 25.3. The lowest BCUT2D eigenvalue weighted by molar-refractivity contribution is -0.149. The van der Waals surface area contributed by atoms with Crippen molar-refractivity contribution in [3.05, 3.63) is 53.2 Å². The number of nitrogens with zero attached hydrogens (tertiary/aromatic N) is 2. The van der Waals surface area contributed by atoms with Crippen LogP contribution in [0.15, 0.2) is 34.9 Å². The van der Waals surface area contributed by atoms with Crippen molar-refractivity contribution in [2.24, 2.45) is 5.92 Å². The van der Waals surface area contributed by atoms with Crippen LogP contribution >= 0.6 is 11.8 Å². The Labute approximate surface area is 210 Å². The Morgan fingerprint density at radius 1 is 1.23 bits per heavy atom. The smallest absolute Gasteiger partial charge is 0.307 e. The number of amides is 2. The van der Waals surface area contributed by atoms with E-state index >= 15 is 0 Å². The number of nitrogens with one attached hydrogen (secondary N) is 1. The number of esters is 1. The molecule has 1 atom stereocenters. The molecule has 0 saturated carbocycles. The number of thioether (sulfide) groups is 1. The third-order valence-corrected chi connectivity index (χ3v) is 7.72. The molecule has 35 heavy (non-hydrogen) atoms. The number of ether oxygens (including phenoxy) is 1. The van der Waals surface area contributed by atoms with Crippen molar-refractivity contribution in [1.82, 2.24) is 15.2 Å². The van der Waals surface area contributed by atoms with E-state index in [1.807, 2.05) is 36.1 Å². The molecule has 2 aromatic rings. The van der Waals surface area contributed by atoms with Crippen LogP contribution in [0.4, 0.5) is 0 Å². The second kappa shape index (κ2) is 10.8. The highest BCUT2D eigenvalue weighted by Crippen LogP contribution is 2.36. The summed E-state index contributed by atoms with van der Waals surface area (Å²) in [4.78, 5) is 44.4. The second-order valence-electron chi connectivity index (χ2n) is 9.71. The molecule has 0 aromatic carbocycles. The molecule has 2 saturated heterocycles. The Balaban J connectivity index is 1.33. The zero-order chi connectivity index (χ0) is 25.0. The van der Waals surface area contributed by atoms with Crippen molar-refractivity contribution >= 4 is 29.5 Å². The van der Waals surface area contributed by atoms with Crippen LogP contribution in [0.3, 0.4) is 0 Å². The maximum atomic E-state index is 13.1. The molecule has 0 spiro atoms. The molecule has 2 aliphatic rings. The monoisotopic (exact) mass is 499 g/mol. The van der Waals surface area contributed by atoms with Crippen LogP contribution in [0.5, 0.6) is 0 Å². The van der Waals surface area contributed by atoms with Crippen molar-refractivity contribution in [2.75, 3.05) is 25.4 Å². The summed E-state index contributed by atoms with van der Waals surface area (Å²) < 4.78 is 10.7. The summed E-state index contributed by atoms with van der Waals surface area (Å²) in [5.41, 5.74) is 1.50. The predicted molar refractivity (Wildman–Crippen MR) is 133 cm³/mol. The Morgan fingerprint density at radius 2 is 2.00 bits per heavy atom. The molecule has 8 nitrogen and oxygen atoms in total. The molecular formula is C26H33N3O5S. The number of aryl methyl sites for hydroxylation is 1. The summed E-state index contributed by atoms with van der Waals surface area (Å²) in [6.07, 6.45) is 3.25. The molecular weight excluding hydrogens is 466 g/mol. The van der Waals surface area contributed by atoms with Gasteiger partial charge in [0.05, 0.1) is 35.6 Å². The molecule has 1 N–H and O–H groups in total. The number of aromatic nitrogens is 1.